The standard InChI is InChI=1S/C25H28O4/c1-3-5-6-10-16-28-22-17-21(25(27)29-19-13-8-7-9-14-19)24(26)20-15-11-12-18(4-2)23(20)22/h7-9,11-15,17,26H,3-6,10,16H2,1-2H3. The molecule has 0 saturated carbocycles. The monoisotopic (exact) mass is 392 g/mol. The second kappa shape index (κ2) is 9.97. The number of hydrogen-bond acceptors (Lipinski definition) is 4. The van der Waals surface area contributed by atoms with E-state index in [2.05, 4.69) is 13.8 Å². The Morgan fingerprint density at radius 1 is 0.966 bits per heavy atom. The van der Waals surface area contributed by atoms with Crippen molar-refractivity contribution in [1.29, 1.82) is 0 Å². The molecule has 0 radical (unpaired) electrons. The van der Waals surface area contributed by atoms with Crippen molar-refractivity contribution in [1.82, 2.24) is 0 Å². The molecule has 0 unspecified atom stereocenters. The van der Waals surface area contributed by atoms with E-state index in [1.54, 1.807) is 30.3 Å². The van der Waals surface area contributed by atoms with Crippen molar-refractivity contribution < 1.29 is 19.4 Å². The number of phenols is 1. The Kier molecular flexibility index (Phi) is 7.12. The molecule has 0 aliphatic heterocycles. The summed E-state index contributed by atoms with van der Waals surface area (Å²) in [5.74, 6) is 0.371. The van der Waals surface area contributed by atoms with Crippen molar-refractivity contribution >= 4 is 16.7 Å². The molecule has 0 spiro atoms. The second-order valence-corrected chi connectivity index (χ2v) is 7.08. The molecule has 0 fully saturated rings. The minimum absolute atomic E-state index is 0.0745. The number of esters is 1. The lowest BCUT2D eigenvalue weighted by Gasteiger charge is -2.16. The molecule has 0 bridgehead atoms. The fraction of sp³-hybridized carbons (Fsp3) is 0.320. The normalized spacial score (nSPS) is 10.8. The minimum Gasteiger partial charge on any atom is -0.506 e. The van der Waals surface area contributed by atoms with Crippen molar-refractivity contribution in [3.63, 3.8) is 0 Å². The van der Waals surface area contributed by atoms with E-state index in [-0.39, 0.29) is 11.3 Å². The average Bonchev–Trinajstić information content (AvgIpc) is 2.75. The lowest BCUT2D eigenvalue weighted by Crippen LogP contribution is -2.10. The lowest BCUT2D eigenvalue weighted by molar-refractivity contribution is 0.0731. The first-order valence-corrected chi connectivity index (χ1v) is 10.3. The van der Waals surface area contributed by atoms with Crippen molar-refractivity contribution in [3.8, 4) is 17.2 Å². The van der Waals surface area contributed by atoms with Gasteiger partial charge in [-0.25, -0.2) is 4.79 Å². The lowest BCUT2D eigenvalue weighted by atomic mass is 9.98. The summed E-state index contributed by atoms with van der Waals surface area (Å²) < 4.78 is 11.5. The molecule has 0 aliphatic carbocycles. The Hall–Kier alpha value is -3.01. The third-order valence-corrected chi connectivity index (χ3v) is 4.99. The van der Waals surface area contributed by atoms with E-state index in [0.29, 0.717) is 23.5 Å². The van der Waals surface area contributed by atoms with Crippen LogP contribution in [-0.4, -0.2) is 17.7 Å². The number of ether oxygens (including phenoxy) is 2. The number of hydrogen-bond donors (Lipinski definition) is 1. The Morgan fingerprint density at radius 3 is 2.48 bits per heavy atom. The fourth-order valence-electron chi connectivity index (χ4n) is 3.43. The van der Waals surface area contributed by atoms with E-state index in [4.69, 9.17) is 9.47 Å². The van der Waals surface area contributed by atoms with Gasteiger partial charge in [0, 0.05) is 10.8 Å². The predicted molar refractivity (Wildman–Crippen MR) is 116 cm³/mol. The SMILES string of the molecule is CCCCCCOc1cc(C(=O)Oc2ccccc2)c(O)c2cccc(CC)c12. The van der Waals surface area contributed by atoms with Crippen LogP contribution in [-0.2, 0) is 6.42 Å². The van der Waals surface area contributed by atoms with Crippen molar-refractivity contribution in [2.24, 2.45) is 0 Å². The van der Waals surface area contributed by atoms with Gasteiger partial charge in [-0.2, -0.15) is 0 Å². The molecule has 3 aromatic rings. The smallest absolute Gasteiger partial charge is 0.347 e. The zero-order chi connectivity index (χ0) is 20.6. The molecular weight excluding hydrogens is 364 g/mol. The van der Waals surface area contributed by atoms with Crippen molar-refractivity contribution in [3.05, 3.63) is 65.7 Å². The number of aromatic hydroxyl groups is 1. The van der Waals surface area contributed by atoms with Gasteiger partial charge in [0.1, 0.15) is 22.8 Å². The molecular formula is C25H28O4. The van der Waals surface area contributed by atoms with E-state index in [0.717, 1.165) is 36.6 Å². The third kappa shape index (κ3) is 4.89. The zero-order valence-corrected chi connectivity index (χ0v) is 17.1. The van der Waals surface area contributed by atoms with Crippen LogP contribution in [0.1, 0.15) is 55.5 Å². The first-order valence-electron chi connectivity index (χ1n) is 10.3. The molecule has 152 valence electrons. The van der Waals surface area contributed by atoms with Crippen LogP contribution in [0.2, 0.25) is 0 Å². The summed E-state index contributed by atoms with van der Waals surface area (Å²) in [7, 11) is 0. The van der Waals surface area contributed by atoms with Gasteiger partial charge in [0.15, 0.2) is 0 Å². The van der Waals surface area contributed by atoms with Gasteiger partial charge in [-0.1, -0.05) is 69.5 Å². The van der Waals surface area contributed by atoms with Crippen molar-refractivity contribution in [2.75, 3.05) is 6.61 Å². The van der Waals surface area contributed by atoms with E-state index in [1.165, 1.54) is 6.42 Å². The Labute approximate surface area is 172 Å². The highest BCUT2D eigenvalue weighted by Gasteiger charge is 2.21. The first kappa shape index (κ1) is 20.7. The van der Waals surface area contributed by atoms with Gasteiger partial charge in [-0.15, -0.1) is 0 Å². The molecule has 0 aliphatic rings. The molecule has 0 atom stereocenters. The molecule has 4 heteroatoms. The highest BCUT2D eigenvalue weighted by Crippen LogP contribution is 2.39. The Balaban J connectivity index is 1.97. The van der Waals surface area contributed by atoms with Crippen LogP contribution in [0.3, 0.4) is 0 Å². The van der Waals surface area contributed by atoms with E-state index in [1.807, 2.05) is 24.3 Å². The molecule has 1 N–H and O–H groups in total. The minimum atomic E-state index is -0.603. The molecule has 4 nitrogen and oxygen atoms in total. The number of fused-ring (bicyclic) bond motifs is 1. The number of benzene rings is 3. The second-order valence-electron chi connectivity index (χ2n) is 7.08. The van der Waals surface area contributed by atoms with Gasteiger partial charge in [0.25, 0.3) is 0 Å². The van der Waals surface area contributed by atoms with Crippen LogP contribution in [0.15, 0.2) is 54.6 Å². The number of aryl methyl sites for hydroxylation is 1. The maximum atomic E-state index is 12.8. The average molecular weight is 392 g/mol. The van der Waals surface area contributed by atoms with Gasteiger partial charge in [0.2, 0.25) is 0 Å². The number of phenolic OH excluding ortho intramolecular Hbond substituents is 1. The van der Waals surface area contributed by atoms with Crippen LogP contribution in [0, 0.1) is 0 Å². The maximum Gasteiger partial charge on any atom is 0.347 e. The summed E-state index contributed by atoms with van der Waals surface area (Å²) in [5.41, 5.74) is 1.18. The number of para-hydroxylation sites is 1. The predicted octanol–water partition coefficient (Wildman–Crippen LogP) is 6.29. The molecule has 0 saturated heterocycles. The molecule has 3 rings (SSSR count). The molecule has 0 heterocycles. The zero-order valence-electron chi connectivity index (χ0n) is 17.1. The molecule has 29 heavy (non-hydrogen) atoms. The fourth-order valence-corrected chi connectivity index (χ4v) is 3.43. The quantitative estimate of drug-likeness (QED) is 0.264. The van der Waals surface area contributed by atoms with Crippen LogP contribution < -0.4 is 9.47 Å². The van der Waals surface area contributed by atoms with Crippen molar-refractivity contribution in [2.45, 2.75) is 46.0 Å². The molecule has 3 aromatic carbocycles. The maximum absolute atomic E-state index is 12.8. The first-order chi connectivity index (χ1) is 14.2. The Morgan fingerprint density at radius 2 is 1.76 bits per heavy atom. The van der Waals surface area contributed by atoms with E-state index in [9.17, 15) is 9.90 Å². The summed E-state index contributed by atoms with van der Waals surface area (Å²) in [6, 6.07) is 16.2. The number of unbranched alkanes of at least 4 members (excludes halogenated alkanes) is 3. The highest BCUT2D eigenvalue weighted by molar-refractivity contribution is 6.05. The van der Waals surface area contributed by atoms with Crippen LogP contribution >= 0.6 is 0 Å². The van der Waals surface area contributed by atoms with Crippen LogP contribution in [0.5, 0.6) is 17.2 Å². The summed E-state index contributed by atoms with van der Waals surface area (Å²) in [6.07, 6.45) is 5.20. The largest absolute Gasteiger partial charge is 0.506 e. The van der Waals surface area contributed by atoms with Gasteiger partial charge < -0.3 is 14.6 Å². The van der Waals surface area contributed by atoms with E-state index < -0.39 is 5.97 Å². The third-order valence-electron chi connectivity index (χ3n) is 4.99. The molecule has 0 aromatic heterocycles. The summed E-state index contributed by atoms with van der Waals surface area (Å²) in [4.78, 5) is 12.8. The summed E-state index contributed by atoms with van der Waals surface area (Å²) in [6.45, 7) is 4.81. The van der Waals surface area contributed by atoms with Gasteiger partial charge in [0.05, 0.1) is 6.61 Å². The number of carbonyl (C=O) groups excluding carboxylic acids is 1. The van der Waals surface area contributed by atoms with E-state index >= 15 is 0 Å². The number of carbonyl (C=O) groups is 1. The van der Waals surface area contributed by atoms with Gasteiger partial charge in [-0.05, 0) is 36.6 Å². The summed E-state index contributed by atoms with van der Waals surface area (Å²) in [5, 5.41) is 12.3. The van der Waals surface area contributed by atoms with Crippen LogP contribution in [0.25, 0.3) is 10.8 Å². The topological polar surface area (TPSA) is 55.8 Å². The van der Waals surface area contributed by atoms with Gasteiger partial charge >= 0.3 is 5.97 Å². The number of rotatable bonds is 9. The molecule has 0 amide bonds. The van der Waals surface area contributed by atoms with Gasteiger partial charge in [-0.3, -0.25) is 0 Å². The van der Waals surface area contributed by atoms with Crippen LogP contribution in [0.4, 0.5) is 0 Å². The Bertz CT molecular complexity index is 963. The summed E-state index contributed by atoms with van der Waals surface area (Å²) >= 11 is 0. The highest BCUT2D eigenvalue weighted by atomic mass is 16.5.